The van der Waals surface area contributed by atoms with Gasteiger partial charge < -0.3 is 30.2 Å². The molecule has 0 aliphatic carbocycles. The highest BCUT2D eigenvalue weighted by molar-refractivity contribution is 5.92. The number of nitrogens with zero attached hydrogens (tertiary/aromatic N) is 3. The van der Waals surface area contributed by atoms with Crippen LogP contribution < -0.4 is 19.9 Å². The van der Waals surface area contributed by atoms with Gasteiger partial charge >= 0.3 is 0 Å². The topological polar surface area (TPSA) is 123 Å². The number of aromatic nitrogens is 2. The number of nitrogens with two attached hydrogens (primary N) is 1. The molecule has 0 amide bonds. The van der Waals surface area contributed by atoms with Crippen molar-refractivity contribution in [3.05, 3.63) is 11.8 Å². The smallest absolute Gasteiger partial charge is 0.220 e. The van der Waals surface area contributed by atoms with Crippen molar-refractivity contribution in [1.82, 2.24) is 14.9 Å². The van der Waals surface area contributed by atoms with E-state index in [0.29, 0.717) is 42.3 Å². The molecule has 9 nitrogen and oxygen atoms in total. The molecule has 0 bridgehead atoms. The average molecular weight is 394 g/mol. The number of ether oxygens (including phenoxy) is 3. The number of hydrogen-bond donors (Lipinski definition) is 3. The number of aryl methyl sites for hydroxylation is 1. The van der Waals surface area contributed by atoms with Crippen molar-refractivity contribution >= 4 is 16.9 Å². The third kappa shape index (κ3) is 5.12. The number of unbranched alkanes of at least 4 members (excludes halogenated alkanes) is 1. The number of methoxy groups -OCH3 is 3. The quantitative estimate of drug-likeness (QED) is 0.449. The zero-order chi connectivity index (χ0) is 20.5. The van der Waals surface area contributed by atoms with E-state index in [9.17, 15) is 0 Å². The van der Waals surface area contributed by atoms with Crippen molar-refractivity contribution in [3.8, 4) is 17.2 Å². The summed E-state index contributed by atoms with van der Waals surface area (Å²) in [5, 5.41) is 19.0. The maximum Gasteiger partial charge on any atom is 0.220 e. The van der Waals surface area contributed by atoms with Crippen LogP contribution in [0.15, 0.2) is 6.07 Å². The molecule has 2 aromatic rings. The van der Waals surface area contributed by atoms with Crippen LogP contribution in [0, 0.1) is 0 Å². The molecule has 0 atom stereocenters. The van der Waals surface area contributed by atoms with Gasteiger partial charge in [0.25, 0.3) is 0 Å². The Labute approximate surface area is 165 Å². The second-order valence-electron chi connectivity index (χ2n) is 6.32. The van der Waals surface area contributed by atoms with Gasteiger partial charge in [-0.05, 0) is 31.9 Å². The van der Waals surface area contributed by atoms with Crippen LogP contribution in [-0.4, -0.2) is 79.3 Å². The van der Waals surface area contributed by atoms with Gasteiger partial charge in [-0.1, -0.05) is 0 Å². The Balaban J connectivity index is 2.24. The van der Waals surface area contributed by atoms with Gasteiger partial charge in [-0.2, -0.15) is 0 Å². The highest BCUT2D eigenvalue weighted by Gasteiger charge is 2.20. The molecule has 0 aliphatic rings. The second-order valence-corrected chi connectivity index (χ2v) is 6.32. The minimum Gasteiger partial charge on any atom is -0.493 e. The van der Waals surface area contributed by atoms with E-state index in [4.69, 9.17) is 30.2 Å². The molecule has 0 fully saturated rings. The summed E-state index contributed by atoms with van der Waals surface area (Å²) in [5.74, 6) is 1.64. The average Bonchev–Trinajstić information content (AvgIpc) is 2.69. The summed E-state index contributed by atoms with van der Waals surface area (Å²) in [6.07, 6.45) is 2.47. The van der Waals surface area contributed by atoms with E-state index in [1.165, 1.54) is 0 Å². The lowest BCUT2D eigenvalue weighted by Gasteiger charge is -2.20. The molecule has 0 radical (unpaired) electrons. The number of rotatable bonds is 12. The van der Waals surface area contributed by atoms with Crippen LogP contribution in [0.2, 0.25) is 0 Å². The van der Waals surface area contributed by atoms with E-state index in [-0.39, 0.29) is 19.2 Å². The fourth-order valence-electron chi connectivity index (χ4n) is 3.25. The highest BCUT2D eigenvalue weighted by atomic mass is 16.5. The van der Waals surface area contributed by atoms with E-state index >= 15 is 0 Å². The second kappa shape index (κ2) is 10.8. The van der Waals surface area contributed by atoms with Crippen molar-refractivity contribution in [2.24, 2.45) is 0 Å². The highest BCUT2D eigenvalue weighted by Crippen LogP contribution is 2.43. The standard InChI is InChI=1S/C19H30N4O5/c1-26-15-12-13-14(6-4-5-7-23(8-10-24)9-11-25)21-19(20)22-16(13)18(28-3)17(15)27-2/h12,24-25H,4-11H2,1-3H3,(H2,20,21,22). The summed E-state index contributed by atoms with van der Waals surface area (Å²) in [5.41, 5.74) is 7.33. The zero-order valence-corrected chi connectivity index (χ0v) is 16.8. The zero-order valence-electron chi connectivity index (χ0n) is 16.8. The molecule has 0 spiro atoms. The van der Waals surface area contributed by atoms with Gasteiger partial charge in [0.1, 0.15) is 5.52 Å². The van der Waals surface area contributed by atoms with Gasteiger partial charge in [0.2, 0.25) is 11.7 Å². The molecule has 0 saturated carbocycles. The van der Waals surface area contributed by atoms with E-state index in [0.717, 1.165) is 30.5 Å². The predicted molar refractivity (Wildman–Crippen MR) is 107 cm³/mol. The maximum atomic E-state index is 9.10. The van der Waals surface area contributed by atoms with Crippen LogP contribution in [0.3, 0.4) is 0 Å². The van der Waals surface area contributed by atoms with Crippen molar-refractivity contribution in [3.63, 3.8) is 0 Å². The molecule has 4 N–H and O–H groups in total. The third-order valence-corrected chi connectivity index (χ3v) is 4.56. The number of benzene rings is 1. The van der Waals surface area contributed by atoms with Gasteiger partial charge in [0.05, 0.1) is 40.2 Å². The lowest BCUT2D eigenvalue weighted by Crippen LogP contribution is -2.30. The summed E-state index contributed by atoms with van der Waals surface area (Å²) in [4.78, 5) is 10.8. The molecule has 28 heavy (non-hydrogen) atoms. The Morgan fingerprint density at radius 1 is 0.929 bits per heavy atom. The van der Waals surface area contributed by atoms with Crippen LogP contribution in [0.25, 0.3) is 10.9 Å². The van der Waals surface area contributed by atoms with Crippen molar-refractivity contribution in [1.29, 1.82) is 0 Å². The lowest BCUT2D eigenvalue weighted by molar-refractivity contribution is 0.159. The Bertz CT molecular complexity index is 766. The fraction of sp³-hybridized carbons (Fsp3) is 0.579. The van der Waals surface area contributed by atoms with Crippen LogP contribution in [0.1, 0.15) is 18.5 Å². The third-order valence-electron chi connectivity index (χ3n) is 4.56. The molecule has 0 unspecified atom stereocenters. The number of nitrogen functional groups attached to an aromatic ring is 1. The molecule has 0 aliphatic heterocycles. The van der Waals surface area contributed by atoms with Gasteiger partial charge in [0, 0.05) is 18.5 Å². The minimum absolute atomic E-state index is 0.0779. The first-order valence-corrected chi connectivity index (χ1v) is 9.28. The molecular weight excluding hydrogens is 364 g/mol. The molecule has 2 rings (SSSR count). The van der Waals surface area contributed by atoms with Gasteiger partial charge in [-0.3, -0.25) is 4.90 Å². The van der Waals surface area contributed by atoms with E-state index in [2.05, 4.69) is 9.97 Å². The predicted octanol–water partition coefficient (Wildman–Crippen LogP) is 0.847. The number of fused-ring (bicyclic) bond motifs is 1. The summed E-state index contributed by atoms with van der Waals surface area (Å²) in [6, 6.07) is 1.84. The first-order chi connectivity index (χ1) is 13.6. The Morgan fingerprint density at radius 3 is 2.18 bits per heavy atom. The Kier molecular flexibility index (Phi) is 8.49. The van der Waals surface area contributed by atoms with Crippen LogP contribution in [0.4, 0.5) is 5.95 Å². The van der Waals surface area contributed by atoms with Gasteiger partial charge in [-0.15, -0.1) is 0 Å². The molecule has 1 heterocycles. The van der Waals surface area contributed by atoms with Crippen molar-refractivity contribution < 1.29 is 24.4 Å². The first-order valence-electron chi connectivity index (χ1n) is 9.28. The summed E-state index contributed by atoms with van der Waals surface area (Å²) in [7, 11) is 4.66. The van der Waals surface area contributed by atoms with Gasteiger partial charge in [-0.25, -0.2) is 9.97 Å². The molecule has 156 valence electrons. The molecule has 1 aromatic carbocycles. The number of aliphatic hydroxyl groups is 2. The van der Waals surface area contributed by atoms with Crippen LogP contribution in [0.5, 0.6) is 17.2 Å². The number of aliphatic hydroxyl groups excluding tert-OH is 2. The van der Waals surface area contributed by atoms with Crippen LogP contribution >= 0.6 is 0 Å². The van der Waals surface area contributed by atoms with Gasteiger partial charge in [0.15, 0.2) is 11.5 Å². The van der Waals surface area contributed by atoms with E-state index < -0.39 is 0 Å². The largest absolute Gasteiger partial charge is 0.493 e. The van der Waals surface area contributed by atoms with Crippen molar-refractivity contribution in [2.45, 2.75) is 19.3 Å². The minimum atomic E-state index is 0.0779. The Morgan fingerprint density at radius 2 is 1.61 bits per heavy atom. The Hall–Kier alpha value is -2.36. The molecule has 1 aromatic heterocycles. The normalized spacial score (nSPS) is 11.2. The molecule has 0 saturated heterocycles. The summed E-state index contributed by atoms with van der Waals surface area (Å²) < 4.78 is 16.4. The monoisotopic (exact) mass is 394 g/mol. The summed E-state index contributed by atoms with van der Waals surface area (Å²) in [6.45, 7) is 2.05. The number of anilines is 1. The first kappa shape index (κ1) is 21.9. The lowest BCUT2D eigenvalue weighted by atomic mass is 10.1. The van der Waals surface area contributed by atoms with Crippen LogP contribution in [-0.2, 0) is 6.42 Å². The fourth-order valence-corrected chi connectivity index (χ4v) is 3.25. The maximum absolute atomic E-state index is 9.10. The van der Waals surface area contributed by atoms with Crippen molar-refractivity contribution in [2.75, 3.05) is 59.9 Å². The van der Waals surface area contributed by atoms with E-state index in [1.807, 2.05) is 11.0 Å². The summed E-state index contributed by atoms with van der Waals surface area (Å²) >= 11 is 0. The van der Waals surface area contributed by atoms with E-state index in [1.54, 1.807) is 21.3 Å². The number of hydrogen-bond acceptors (Lipinski definition) is 9. The molecular formula is C19H30N4O5. The SMILES string of the molecule is COc1cc2c(CCCCN(CCO)CCO)nc(N)nc2c(OC)c1OC. The molecule has 9 heteroatoms.